The van der Waals surface area contributed by atoms with Crippen LogP contribution >= 0.6 is 11.3 Å². The Hall–Kier alpha value is -3.32. The van der Waals surface area contributed by atoms with Gasteiger partial charge in [0, 0.05) is 16.5 Å². The Labute approximate surface area is 165 Å². The van der Waals surface area contributed by atoms with E-state index in [1.54, 1.807) is 19.2 Å². The molecule has 142 valence electrons. The third kappa shape index (κ3) is 3.20. The number of ether oxygens (including phenoxy) is 2. The van der Waals surface area contributed by atoms with Crippen LogP contribution in [0.3, 0.4) is 0 Å². The molecular formula is C21H18N2O4S. The Kier molecular flexibility index (Phi) is 4.75. The van der Waals surface area contributed by atoms with Crippen molar-refractivity contribution in [3.63, 3.8) is 0 Å². The van der Waals surface area contributed by atoms with Crippen LogP contribution in [0.2, 0.25) is 0 Å². The first-order chi connectivity index (χ1) is 13.6. The number of aromatic nitrogens is 2. The second-order valence-corrected chi connectivity index (χ2v) is 6.95. The van der Waals surface area contributed by atoms with Crippen molar-refractivity contribution in [1.82, 2.24) is 9.97 Å². The first-order valence-electron chi connectivity index (χ1n) is 8.73. The highest BCUT2D eigenvalue weighted by Gasteiger charge is 2.15. The topological polar surface area (TPSA) is 84.4 Å². The summed E-state index contributed by atoms with van der Waals surface area (Å²) in [5.41, 5.74) is 2.22. The molecule has 2 aromatic carbocycles. The van der Waals surface area contributed by atoms with Crippen LogP contribution in [-0.4, -0.2) is 28.8 Å². The van der Waals surface area contributed by atoms with Crippen molar-refractivity contribution in [3.05, 3.63) is 58.2 Å². The van der Waals surface area contributed by atoms with Crippen LogP contribution in [0.1, 0.15) is 6.92 Å². The molecule has 7 heteroatoms. The largest absolute Gasteiger partial charge is 0.504 e. The molecular weight excluding hydrogens is 376 g/mol. The summed E-state index contributed by atoms with van der Waals surface area (Å²) >= 11 is 1.42. The lowest BCUT2D eigenvalue weighted by Crippen LogP contribution is -2.09. The monoisotopic (exact) mass is 394 g/mol. The van der Waals surface area contributed by atoms with Crippen molar-refractivity contribution >= 4 is 21.6 Å². The first-order valence-corrected chi connectivity index (χ1v) is 9.60. The minimum absolute atomic E-state index is 0.0481. The molecule has 2 aromatic heterocycles. The number of phenols is 1. The molecule has 0 unspecified atom stereocenters. The number of thiophene rings is 1. The van der Waals surface area contributed by atoms with Gasteiger partial charge in [-0.1, -0.05) is 12.1 Å². The van der Waals surface area contributed by atoms with Crippen LogP contribution in [0, 0.1) is 0 Å². The van der Waals surface area contributed by atoms with Gasteiger partial charge >= 0.3 is 0 Å². The number of hydrogen-bond acceptors (Lipinski definition) is 6. The molecule has 0 bridgehead atoms. The van der Waals surface area contributed by atoms with E-state index in [-0.39, 0.29) is 11.3 Å². The predicted octanol–water partition coefficient (Wildman–Crippen LogP) is 4.43. The summed E-state index contributed by atoms with van der Waals surface area (Å²) in [6.45, 7) is 2.26. The summed E-state index contributed by atoms with van der Waals surface area (Å²) < 4.78 is 10.6. The second kappa shape index (κ2) is 7.36. The van der Waals surface area contributed by atoms with Crippen LogP contribution < -0.4 is 15.0 Å². The Morgan fingerprint density at radius 1 is 1.14 bits per heavy atom. The predicted molar refractivity (Wildman–Crippen MR) is 110 cm³/mol. The molecule has 0 saturated carbocycles. The van der Waals surface area contributed by atoms with Gasteiger partial charge in [-0.2, -0.15) is 0 Å². The number of hydrogen-bond donors (Lipinski definition) is 2. The summed E-state index contributed by atoms with van der Waals surface area (Å²) in [6, 6.07) is 12.5. The van der Waals surface area contributed by atoms with Crippen molar-refractivity contribution in [1.29, 1.82) is 0 Å². The van der Waals surface area contributed by atoms with Gasteiger partial charge in [0.05, 0.1) is 19.1 Å². The molecule has 2 N–H and O–H groups in total. The van der Waals surface area contributed by atoms with Crippen molar-refractivity contribution in [3.8, 4) is 39.8 Å². The van der Waals surface area contributed by atoms with Crippen molar-refractivity contribution < 1.29 is 14.6 Å². The highest BCUT2D eigenvalue weighted by Crippen LogP contribution is 2.34. The third-order valence-electron chi connectivity index (χ3n) is 4.38. The average molecular weight is 394 g/mol. The van der Waals surface area contributed by atoms with E-state index in [2.05, 4.69) is 9.97 Å². The maximum Gasteiger partial charge on any atom is 0.260 e. The van der Waals surface area contributed by atoms with E-state index < -0.39 is 0 Å². The lowest BCUT2D eigenvalue weighted by molar-refractivity contribution is 0.318. The van der Waals surface area contributed by atoms with Crippen molar-refractivity contribution in [2.24, 2.45) is 0 Å². The van der Waals surface area contributed by atoms with Gasteiger partial charge in [0.2, 0.25) is 0 Å². The molecule has 4 aromatic rings. The van der Waals surface area contributed by atoms with E-state index in [4.69, 9.17) is 9.47 Å². The summed E-state index contributed by atoms with van der Waals surface area (Å²) in [7, 11) is 1.62. The zero-order valence-electron chi connectivity index (χ0n) is 15.4. The number of aromatic amines is 1. The number of H-pyrrole nitrogens is 1. The number of nitrogens with one attached hydrogen (secondary N) is 1. The van der Waals surface area contributed by atoms with Gasteiger partial charge in [0.1, 0.15) is 16.4 Å². The lowest BCUT2D eigenvalue weighted by Gasteiger charge is -2.08. The van der Waals surface area contributed by atoms with Gasteiger partial charge in [-0.25, -0.2) is 4.98 Å². The van der Waals surface area contributed by atoms with Crippen LogP contribution in [0.25, 0.3) is 32.7 Å². The average Bonchev–Trinajstić information content (AvgIpc) is 3.14. The van der Waals surface area contributed by atoms with E-state index in [0.717, 1.165) is 16.9 Å². The van der Waals surface area contributed by atoms with E-state index in [9.17, 15) is 9.90 Å². The number of methoxy groups -OCH3 is 1. The molecule has 6 nitrogen and oxygen atoms in total. The van der Waals surface area contributed by atoms with Gasteiger partial charge in [-0.05, 0) is 42.8 Å². The van der Waals surface area contributed by atoms with Gasteiger partial charge in [0.15, 0.2) is 11.5 Å². The fourth-order valence-electron chi connectivity index (χ4n) is 3.00. The van der Waals surface area contributed by atoms with Gasteiger partial charge in [0.25, 0.3) is 5.56 Å². The highest BCUT2D eigenvalue weighted by molar-refractivity contribution is 7.17. The first kappa shape index (κ1) is 18.1. The quantitative estimate of drug-likeness (QED) is 0.523. The van der Waals surface area contributed by atoms with E-state index >= 15 is 0 Å². The van der Waals surface area contributed by atoms with Gasteiger partial charge < -0.3 is 19.6 Å². The number of phenolic OH excluding ortho intramolecular Hbond substituents is 1. The summed E-state index contributed by atoms with van der Waals surface area (Å²) in [5, 5.41) is 12.4. The molecule has 0 saturated heterocycles. The molecule has 0 fully saturated rings. The van der Waals surface area contributed by atoms with Crippen LogP contribution in [0.15, 0.2) is 52.6 Å². The summed E-state index contributed by atoms with van der Waals surface area (Å²) in [4.78, 5) is 21.0. The molecule has 0 radical (unpaired) electrons. The SMILES string of the molecule is CCOc1cc(-c2nc3scc(-c4ccc(OC)cc4)c3c(=O)[nH]2)ccc1O. The Morgan fingerprint density at radius 2 is 1.89 bits per heavy atom. The summed E-state index contributed by atoms with van der Waals surface area (Å²) in [5.74, 6) is 1.59. The highest BCUT2D eigenvalue weighted by atomic mass is 32.1. The maximum atomic E-state index is 12.8. The number of fused-ring (bicyclic) bond motifs is 1. The molecule has 0 aliphatic rings. The van der Waals surface area contributed by atoms with Crippen LogP contribution in [0.5, 0.6) is 17.2 Å². The number of nitrogens with zero attached hydrogens (tertiary/aromatic N) is 1. The smallest absolute Gasteiger partial charge is 0.260 e. The molecule has 0 aliphatic carbocycles. The molecule has 0 spiro atoms. The molecule has 0 amide bonds. The van der Waals surface area contributed by atoms with E-state index in [1.807, 2.05) is 36.6 Å². The second-order valence-electron chi connectivity index (χ2n) is 6.09. The molecule has 4 rings (SSSR count). The zero-order chi connectivity index (χ0) is 19.7. The fraction of sp³-hybridized carbons (Fsp3) is 0.143. The Balaban J connectivity index is 1.80. The Bertz CT molecular complexity index is 1200. The van der Waals surface area contributed by atoms with E-state index in [1.165, 1.54) is 17.4 Å². The van der Waals surface area contributed by atoms with Gasteiger partial charge in [-0.15, -0.1) is 11.3 Å². The standard InChI is InChI=1S/C21H18N2O4S/c1-3-27-17-10-13(6-9-16(17)24)19-22-20(25)18-15(11-28-21(18)23-19)12-4-7-14(26-2)8-5-12/h4-11,24H,3H2,1-2H3,(H,22,23,25). The van der Waals surface area contributed by atoms with Crippen molar-refractivity contribution in [2.75, 3.05) is 13.7 Å². The summed E-state index contributed by atoms with van der Waals surface area (Å²) in [6.07, 6.45) is 0. The normalized spacial score (nSPS) is 10.9. The maximum absolute atomic E-state index is 12.8. The van der Waals surface area contributed by atoms with Gasteiger partial charge in [-0.3, -0.25) is 4.79 Å². The molecule has 2 heterocycles. The third-order valence-corrected chi connectivity index (χ3v) is 5.25. The minimum Gasteiger partial charge on any atom is -0.504 e. The number of rotatable bonds is 5. The lowest BCUT2D eigenvalue weighted by atomic mass is 10.1. The minimum atomic E-state index is -0.210. The fourth-order valence-corrected chi connectivity index (χ4v) is 3.95. The number of aromatic hydroxyl groups is 1. The van der Waals surface area contributed by atoms with E-state index in [0.29, 0.717) is 34.0 Å². The van der Waals surface area contributed by atoms with Crippen LogP contribution in [0.4, 0.5) is 0 Å². The molecule has 28 heavy (non-hydrogen) atoms. The number of benzene rings is 2. The Morgan fingerprint density at radius 3 is 2.61 bits per heavy atom. The van der Waals surface area contributed by atoms with Crippen molar-refractivity contribution in [2.45, 2.75) is 6.92 Å². The zero-order valence-corrected chi connectivity index (χ0v) is 16.2. The van der Waals surface area contributed by atoms with Crippen LogP contribution in [-0.2, 0) is 0 Å². The molecule has 0 atom stereocenters. The molecule has 0 aliphatic heterocycles.